The summed E-state index contributed by atoms with van der Waals surface area (Å²) < 4.78 is 5.60. The topological polar surface area (TPSA) is 53.6 Å². The van der Waals surface area contributed by atoms with Crippen LogP contribution in [0.3, 0.4) is 0 Å². The van der Waals surface area contributed by atoms with Crippen molar-refractivity contribution in [1.29, 1.82) is 0 Å². The van der Waals surface area contributed by atoms with Gasteiger partial charge in [-0.15, -0.1) is 0 Å². The number of rotatable bonds is 7. The molecule has 0 aliphatic heterocycles. The molecule has 0 aromatic heterocycles. The molecule has 2 aromatic carbocycles. The number of ether oxygens (including phenoxy) is 1. The Bertz CT molecular complexity index is 781. The first-order valence-electron chi connectivity index (χ1n) is 9.15. The number of nitrogens with zero attached hydrogens (tertiary/aromatic N) is 1. The Morgan fingerprint density at radius 2 is 1.67 bits per heavy atom. The maximum Gasteiger partial charge on any atom is 0.321 e. The SMILES string of the molecule is CCN(CC)c1ccc(NC(=O)NCOc2cc(C)c(Cl)c(C)c2)c(C)c1. The van der Waals surface area contributed by atoms with Crippen molar-refractivity contribution in [3.05, 3.63) is 52.0 Å². The number of carbonyl (C=O) groups excluding carboxylic acids is 1. The minimum atomic E-state index is -0.309. The minimum Gasteiger partial charge on any atom is -0.473 e. The summed E-state index contributed by atoms with van der Waals surface area (Å²) in [6.45, 7) is 12.1. The third-order valence-corrected chi connectivity index (χ3v) is 5.06. The molecule has 27 heavy (non-hydrogen) atoms. The summed E-state index contributed by atoms with van der Waals surface area (Å²) in [5, 5.41) is 6.30. The number of benzene rings is 2. The van der Waals surface area contributed by atoms with Crippen LogP contribution in [0.15, 0.2) is 30.3 Å². The largest absolute Gasteiger partial charge is 0.473 e. The van der Waals surface area contributed by atoms with E-state index in [1.54, 1.807) is 0 Å². The van der Waals surface area contributed by atoms with E-state index in [1.807, 2.05) is 45.0 Å². The van der Waals surface area contributed by atoms with Crippen molar-refractivity contribution < 1.29 is 9.53 Å². The van der Waals surface area contributed by atoms with Crippen LogP contribution in [0.4, 0.5) is 16.2 Å². The zero-order valence-electron chi connectivity index (χ0n) is 16.6. The van der Waals surface area contributed by atoms with Crippen molar-refractivity contribution in [2.45, 2.75) is 34.6 Å². The highest BCUT2D eigenvalue weighted by atomic mass is 35.5. The predicted molar refractivity (Wildman–Crippen MR) is 113 cm³/mol. The maximum atomic E-state index is 12.1. The fourth-order valence-corrected chi connectivity index (χ4v) is 3.02. The molecule has 2 rings (SSSR count). The van der Waals surface area contributed by atoms with Gasteiger partial charge in [0.25, 0.3) is 0 Å². The van der Waals surface area contributed by atoms with Crippen LogP contribution in [0.2, 0.25) is 5.02 Å². The van der Waals surface area contributed by atoms with E-state index >= 15 is 0 Å². The molecule has 0 aliphatic carbocycles. The lowest BCUT2D eigenvalue weighted by molar-refractivity contribution is 0.234. The molecule has 0 atom stereocenters. The number of urea groups is 1. The quantitative estimate of drug-likeness (QED) is 0.634. The molecule has 0 fully saturated rings. The second-order valence-corrected chi connectivity index (χ2v) is 6.84. The van der Waals surface area contributed by atoms with E-state index in [4.69, 9.17) is 16.3 Å². The van der Waals surface area contributed by atoms with Crippen LogP contribution >= 0.6 is 11.6 Å². The fraction of sp³-hybridized carbons (Fsp3) is 0.381. The molecule has 2 amide bonds. The second-order valence-electron chi connectivity index (χ2n) is 6.46. The Labute approximate surface area is 166 Å². The van der Waals surface area contributed by atoms with Gasteiger partial charge in [0.2, 0.25) is 0 Å². The first-order valence-corrected chi connectivity index (χ1v) is 9.53. The van der Waals surface area contributed by atoms with Crippen LogP contribution in [0, 0.1) is 20.8 Å². The van der Waals surface area contributed by atoms with Crippen molar-refractivity contribution in [1.82, 2.24) is 5.32 Å². The third-order valence-electron chi connectivity index (χ3n) is 4.47. The molecule has 0 radical (unpaired) electrons. The number of halogens is 1. The monoisotopic (exact) mass is 389 g/mol. The number of hydrogen-bond donors (Lipinski definition) is 2. The summed E-state index contributed by atoms with van der Waals surface area (Å²) in [4.78, 5) is 14.4. The van der Waals surface area contributed by atoms with Gasteiger partial charge in [0.15, 0.2) is 6.73 Å². The van der Waals surface area contributed by atoms with Gasteiger partial charge in [-0.1, -0.05) is 11.6 Å². The van der Waals surface area contributed by atoms with Crippen LogP contribution in [-0.4, -0.2) is 25.9 Å². The first-order chi connectivity index (χ1) is 12.8. The first kappa shape index (κ1) is 20.9. The van der Waals surface area contributed by atoms with E-state index in [0.29, 0.717) is 5.75 Å². The molecule has 6 heteroatoms. The maximum absolute atomic E-state index is 12.1. The van der Waals surface area contributed by atoms with Crippen molar-refractivity contribution in [2.24, 2.45) is 0 Å². The van der Waals surface area contributed by atoms with Gasteiger partial charge >= 0.3 is 6.03 Å². The highest BCUT2D eigenvalue weighted by Gasteiger charge is 2.08. The summed E-state index contributed by atoms with van der Waals surface area (Å²) in [5.41, 5.74) is 4.83. The second kappa shape index (κ2) is 9.51. The van der Waals surface area contributed by atoms with E-state index < -0.39 is 0 Å². The van der Waals surface area contributed by atoms with Crippen LogP contribution in [0.25, 0.3) is 0 Å². The zero-order valence-corrected chi connectivity index (χ0v) is 17.4. The van der Waals surface area contributed by atoms with Crippen LogP contribution in [0.1, 0.15) is 30.5 Å². The van der Waals surface area contributed by atoms with E-state index in [2.05, 4.69) is 35.4 Å². The number of anilines is 2. The summed E-state index contributed by atoms with van der Waals surface area (Å²) in [6, 6.07) is 9.42. The van der Waals surface area contributed by atoms with Crippen LogP contribution in [0.5, 0.6) is 5.75 Å². The number of nitrogens with one attached hydrogen (secondary N) is 2. The van der Waals surface area contributed by atoms with Gasteiger partial charge in [0, 0.05) is 29.5 Å². The molecule has 2 N–H and O–H groups in total. The normalized spacial score (nSPS) is 10.4. The summed E-state index contributed by atoms with van der Waals surface area (Å²) >= 11 is 6.15. The van der Waals surface area contributed by atoms with E-state index in [9.17, 15) is 4.79 Å². The van der Waals surface area contributed by atoms with Gasteiger partial charge in [-0.05, 0) is 81.6 Å². The van der Waals surface area contributed by atoms with Gasteiger partial charge in [-0.2, -0.15) is 0 Å². The summed E-state index contributed by atoms with van der Waals surface area (Å²) in [5.74, 6) is 0.675. The summed E-state index contributed by atoms with van der Waals surface area (Å²) in [7, 11) is 0. The standard InChI is InChI=1S/C21H28ClN3O2/c1-6-25(7-2)17-8-9-19(14(3)10-17)24-21(26)23-13-27-18-11-15(4)20(22)16(5)12-18/h8-12H,6-7,13H2,1-5H3,(H2,23,24,26). The Hall–Kier alpha value is -2.40. The van der Waals surface area contributed by atoms with Crippen molar-refractivity contribution in [3.63, 3.8) is 0 Å². The summed E-state index contributed by atoms with van der Waals surface area (Å²) in [6.07, 6.45) is 0. The Morgan fingerprint density at radius 3 is 2.22 bits per heavy atom. The predicted octanol–water partition coefficient (Wildman–Crippen LogP) is 5.27. The molecule has 0 bridgehead atoms. The Balaban J connectivity index is 1.90. The smallest absolute Gasteiger partial charge is 0.321 e. The van der Waals surface area contributed by atoms with Crippen molar-refractivity contribution in [3.8, 4) is 5.75 Å². The van der Waals surface area contributed by atoms with E-state index in [-0.39, 0.29) is 12.8 Å². The lowest BCUT2D eigenvalue weighted by Crippen LogP contribution is -2.32. The van der Waals surface area contributed by atoms with Crippen molar-refractivity contribution >= 4 is 29.0 Å². The number of aryl methyl sites for hydroxylation is 3. The number of carbonyl (C=O) groups is 1. The van der Waals surface area contributed by atoms with Crippen molar-refractivity contribution in [2.75, 3.05) is 30.0 Å². The number of hydrogen-bond acceptors (Lipinski definition) is 3. The highest BCUT2D eigenvalue weighted by molar-refractivity contribution is 6.32. The van der Waals surface area contributed by atoms with Gasteiger partial charge in [0.1, 0.15) is 5.75 Å². The molecular formula is C21H28ClN3O2. The van der Waals surface area contributed by atoms with Crippen LogP contribution < -0.4 is 20.3 Å². The third kappa shape index (κ3) is 5.54. The van der Waals surface area contributed by atoms with E-state index in [1.165, 1.54) is 0 Å². The van der Waals surface area contributed by atoms with E-state index in [0.717, 1.165) is 46.2 Å². The fourth-order valence-electron chi connectivity index (χ4n) is 2.91. The molecule has 0 unspecified atom stereocenters. The average molecular weight is 390 g/mol. The molecule has 0 saturated heterocycles. The molecule has 0 spiro atoms. The van der Waals surface area contributed by atoms with Gasteiger partial charge < -0.3 is 20.3 Å². The number of amides is 2. The molecule has 146 valence electrons. The molecule has 5 nitrogen and oxygen atoms in total. The van der Waals surface area contributed by atoms with Gasteiger partial charge in [0.05, 0.1) is 0 Å². The molecule has 2 aromatic rings. The molecule has 0 saturated carbocycles. The zero-order chi connectivity index (χ0) is 20.0. The van der Waals surface area contributed by atoms with Gasteiger partial charge in [-0.3, -0.25) is 0 Å². The average Bonchev–Trinajstić information content (AvgIpc) is 2.63. The van der Waals surface area contributed by atoms with Crippen LogP contribution in [-0.2, 0) is 0 Å². The lowest BCUT2D eigenvalue weighted by atomic mass is 10.1. The Morgan fingerprint density at radius 1 is 1.04 bits per heavy atom. The van der Waals surface area contributed by atoms with Gasteiger partial charge in [-0.25, -0.2) is 4.79 Å². The molecular weight excluding hydrogens is 362 g/mol. The molecule has 0 aliphatic rings. The molecule has 0 heterocycles. The minimum absolute atomic E-state index is 0.0723. The lowest BCUT2D eigenvalue weighted by Gasteiger charge is -2.22. The highest BCUT2D eigenvalue weighted by Crippen LogP contribution is 2.26. The Kier molecular flexibility index (Phi) is 7.36.